The Morgan fingerprint density at radius 1 is 1.33 bits per heavy atom. The standard InChI is InChI=1S/C20H34O/c1-14(2)15(3)12-17-8-9-18-19(5,13-21)10-7-11-20(18,6)16(17)4/h12,14,18,21H,7-11,13H2,1-6H3/b15-12+. The number of aliphatic hydroxyl groups excluding tert-OH is 1. The van der Waals surface area contributed by atoms with Crippen LogP contribution in [0.2, 0.25) is 0 Å². The number of aliphatic hydroxyl groups is 1. The summed E-state index contributed by atoms with van der Waals surface area (Å²) in [5, 5.41) is 9.95. The van der Waals surface area contributed by atoms with Gasteiger partial charge in [-0.25, -0.2) is 0 Å². The van der Waals surface area contributed by atoms with Crippen molar-refractivity contribution in [1.82, 2.24) is 0 Å². The highest BCUT2D eigenvalue weighted by molar-refractivity contribution is 5.35. The van der Waals surface area contributed by atoms with Gasteiger partial charge in [0.25, 0.3) is 0 Å². The van der Waals surface area contributed by atoms with Crippen molar-refractivity contribution in [1.29, 1.82) is 0 Å². The summed E-state index contributed by atoms with van der Waals surface area (Å²) < 4.78 is 0. The molecule has 1 heteroatoms. The summed E-state index contributed by atoms with van der Waals surface area (Å²) in [5.41, 5.74) is 5.07. The number of rotatable bonds is 3. The van der Waals surface area contributed by atoms with Crippen LogP contribution in [-0.4, -0.2) is 11.7 Å². The molecule has 2 aliphatic rings. The first-order valence-corrected chi connectivity index (χ1v) is 8.74. The average molecular weight is 290 g/mol. The summed E-state index contributed by atoms with van der Waals surface area (Å²) >= 11 is 0. The van der Waals surface area contributed by atoms with E-state index in [0.717, 1.165) is 0 Å². The molecule has 0 bridgehead atoms. The molecular formula is C20H34O. The van der Waals surface area contributed by atoms with Gasteiger partial charge in [-0.1, -0.05) is 51.3 Å². The molecule has 0 amide bonds. The summed E-state index contributed by atoms with van der Waals surface area (Å²) in [6, 6.07) is 0. The molecule has 1 saturated carbocycles. The molecule has 0 radical (unpaired) electrons. The molecule has 1 nitrogen and oxygen atoms in total. The van der Waals surface area contributed by atoms with E-state index in [2.05, 4.69) is 47.6 Å². The fraction of sp³-hybridized carbons (Fsp3) is 0.800. The minimum absolute atomic E-state index is 0.122. The zero-order chi connectivity index (χ0) is 15.8. The molecule has 3 atom stereocenters. The van der Waals surface area contributed by atoms with Gasteiger partial charge >= 0.3 is 0 Å². The Hall–Kier alpha value is -0.560. The van der Waals surface area contributed by atoms with Gasteiger partial charge in [0.15, 0.2) is 0 Å². The first kappa shape index (κ1) is 16.8. The third kappa shape index (κ3) is 2.86. The van der Waals surface area contributed by atoms with Crippen LogP contribution in [0.5, 0.6) is 0 Å². The Balaban J connectivity index is 2.40. The van der Waals surface area contributed by atoms with E-state index in [1.54, 1.807) is 11.1 Å². The van der Waals surface area contributed by atoms with Gasteiger partial charge in [-0.15, -0.1) is 0 Å². The van der Waals surface area contributed by atoms with Crippen LogP contribution in [0, 0.1) is 22.7 Å². The second kappa shape index (κ2) is 5.91. The van der Waals surface area contributed by atoms with E-state index in [9.17, 15) is 5.11 Å². The highest BCUT2D eigenvalue weighted by Crippen LogP contribution is 2.59. The first-order valence-electron chi connectivity index (χ1n) is 8.74. The zero-order valence-electron chi connectivity index (χ0n) is 14.9. The summed E-state index contributed by atoms with van der Waals surface area (Å²) in [4.78, 5) is 0. The Morgan fingerprint density at radius 2 is 2.00 bits per heavy atom. The largest absolute Gasteiger partial charge is 0.396 e. The van der Waals surface area contributed by atoms with E-state index in [4.69, 9.17) is 0 Å². The molecule has 0 heterocycles. The second-order valence-corrected chi connectivity index (χ2v) is 8.37. The maximum Gasteiger partial charge on any atom is 0.0487 e. The van der Waals surface area contributed by atoms with Crippen molar-refractivity contribution in [2.24, 2.45) is 22.7 Å². The van der Waals surface area contributed by atoms with Gasteiger partial charge in [0, 0.05) is 6.61 Å². The summed E-state index contributed by atoms with van der Waals surface area (Å²) in [6.07, 6.45) is 8.60. The van der Waals surface area contributed by atoms with E-state index in [-0.39, 0.29) is 10.8 Å². The summed E-state index contributed by atoms with van der Waals surface area (Å²) in [7, 11) is 0. The molecule has 0 aromatic heterocycles. The number of fused-ring (bicyclic) bond motifs is 1. The van der Waals surface area contributed by atoms with Crippen molar-refractivity contribution in [2.75, 3.05) is 6.61 Å². The van der Waals surface area contributed by atoms with Crippen molar-refractivity contribution in [3.63, 3.8) is 0 Å². The number of hydrogen-bond acceptors (Lipinski definition) is 1. The molecule has 1 fully saturated rings. The Labute approximate surface area is 131 Å². The number of allylic oxidation sites excluding steroid dienone is 4. The molecule has 1 N–H and O–H groups in total. The normalized spacial score (nSPS) is 37.9. The van der Waals surface area contributed by atoms with Gasteiger partial charge in [0.2, 0.25) is 0 Å². The van der Waals surface area contributed by atoms with E-state index in [1.807, 2.05) is 0 Å². The third-order valence-corrected chi connectivity index (χ3v) is 6.77. The Kier molecular flexibility index (Phi) is 4.73. The topological polar surface area (TPSA) is 20.2 Å². The SMILES string of the molecule is CC1=C(/C=C(\C)C(C)C)CCC2C(C)(CO)CCCC12C. The van der Waals surface area contributed by atoms with Crippen LogP contribution in [-0.2, 0) is 0 Å². The van der Waals surface area contributed by atoms with E-state index >= 15 is 0 Å². The molecule has 21 heavy (non-hydrogen) atoms. The third-order valence-electron chi connectivity index (χ3n) is 6.77. The van der Waals surface area contributed by atoms with Crippen molar-refractivity contribution in [3.8, 4) is 0 Å². The molecule has 0 aliphatic heterocycles. The maximum absolute atomic E-state index is 9.95. The molecule has 120 valence electrons. The lowest BCUT2D eigenvalue weighted by molar-refractivity contribution is -0.0369. The highest BCUT2D eigenvalue weighted by Gasteiger charge is 2.50. The molecule has 0 spiro atoms. The van der Waals surface area contributed by atoms with Gasteiger partial charge in [-0.3, -0.25) is 0 Å². The fourth-order valence-corrected chi connectivity index (χ4v) is 4.76. The second-order valence-electron chi connectivity index (χ2n) is 8.37. The minimum Gasteiger partial charge on any atom is -0.396 e. The summed E-state index contributed by atoms with van der Waals surface area (Å²) in [5.74, 6) is 1.27. The van der Waals surface area contributed by atoms with Crippen LogP contribution >= 0.6 is 0 Å². The molecular weight excluding hydrogens is 256 g/mol. The van der Waals surface area contributed by atoms with Crippen LogP contribution in [0.3, 0.4) is 0 Å². The first-order chi connectivity index (χ1) is 9.74. The van der Waals surface area contributed by atoms with Crippen molar-refractivity contribution in [2.45, 2.75) is 73.6 Å². The maximum atomic E-state index is 9.95. The van der Waals surface area contributed by atoms with Gasteiger partial charge in [0.1, 0.15) is 0 Å². The van der Waals surface area contributed by atoms with Gasteiger partial charge in [-0.05, 0) is 67.8 Å². The fourth-order valence-electron chi connectivity index (χ4n) is 4.76. The zero-order valence-corrected chi connectivity index (χ0v) is 14.9. The summed E-state index contributed by atoms with van der Waals surface area (Å²) in [6.45, 7) is 14.3. The molecule has 0 saturated heterocycles. The Morgan fingerprint density at radius 3 is 2.57 bits per heavy atom. The van der Waals surface area contributed by atoms with Gasteiger partial charge < -0.3 is 5.11 Å². The molecule has 2 aliphatic carbocycles. The smallest absolute Gasteiger partial charge is 0.0487 e. The molecule has 3 unspecified atom stereocenters. The lowest BCUT2D eigenvalue weighted by atomic mass is 9.50. The van der Waals surface area contributed by atoms with Crippen LogP contribution in [0.25, 0.3) is 0 Å². The lowest BCUT2D eigenvalue weighted by Gasteiger charge is -2.55. The van der Waals surface area contributed by atoms with Crippen molar-refractivity contribution in [3.05, 3.63) is 22.8 Å². The monoisotopic (exact) mass is 290 g/mol. The minimum atomic E-state index is 0.122. The Bertz CT molecular complexity index is 456. The predicted octanol–water partition coefficient (Wildman–Crippen LogP) is 5.50. The van der Waals surface area contributed by atoms with Gasteiger partial charge in [-0.2, -0.15) is 0 Å². The number of hydrogen-bond donors (Lipinski definition) is 1. The quantitative estimate of drug-likeness (QED) is 0.727. The van der Waals surface area contributed by atoms with Crippen molar-refractivity contribution < 1.29 is 5.11 Å². The van der Waals surface area contributed by atoms with E-state index < -0.39 is 0 Å². The van der Waals surface area contributed by atoms with Crippen LogP contribution in [0.4, 0.5) is 0 Å². The highest BCUT2D eigenvalue weighted by atomic mass is 16.3. The molecule has 2 rings (SSSR count). The predicted molar refractivity (Wildman–Crippen MR) is 91.2 cm³/mol. The van der Waals surface area contributed by atoms with Crippen molar-refractivity contribution >= 4 is 0 Å². The van der Waals surface area contributed by atoms with Crippen LogP contribution in [0.15, 0.2) is 22.8 Å². The average Bonchev–Trinajstić information content (AvgIpc) is 2.43. The van der Waals surface area contributed by atoms with Gasteiger partial charge in [0.05, 0.1) is 0 Å². The van der Waals surface area contributed by atoms with E-state index in [0.29, 0.717) is 18.4 Å². The van der Waals surface area contributed by atoms with E-state index in [1.165, 1.54) is 37.7 Å². The molecule has 0 aromatic rings. The molecule has 0 aromatic carbocycles. The van der Waals surface area contributed by atoms with Crippen LogP contribution in [0.1, 0.15) is 73.6 Å². The lowest BCUT2D eigenvalue weighted by Crippen LogP contribution is -2.48. The van der Waals surface area contributed by atoms with Crippen LogP contribution < -0.4 is 0 Å².